The molecule has 0 saturated heterocycles. The van der Waals surface area contributed by atoms with Gasteiger partial charge in [-0.2, -0.15) is 21.0 Å². The molecule has 0 aliphatic heterocycles. The first kappa shape index (κ1) is 11.8. The Morgan fingerprint density at radius 2 is 1.88 bits per heavy atom. The van der Waals surface area contributed by atoms with Crippen molar-refractivity contribution in [1.82, 2.24) is 0 Å². The number of thiol groups is 1. The van der Waals surface area contributed by atoms with Crippen molar-refractivity contribution in [3.8, 4) is 0 Å². The molecule has 0 heterocycles. The van der Waals surface area contributed by atoms with Crippen LogP contribution in [0.15, 0.2) is 0 Å². The third-order valence-electron chi connectivity index (χ3n) is 0.349. The smallest absolute Gasteiger partial charge is 0.265 e. The Bertz CT molecular complexity index is 128. The van der Waals surface area contributed by atoms with E-state index in [9.17, 15) is 8.42 Å². The van der Waals surface area contributed by atoms with Gasteiger partial charge in [0.25, 0.3) is 10.1 Å². The molecular weight excluding hydrogens is 333 g/mol. The fraction of sp³-hybridized carbons (Fsp3) is 1.00. The van der Waals surface area contributed by atoms with Crippen LogP contribution in [0, 0.1) is 0 Å². The second kappa shape index (κ2) is 4.84. The van der Waals surface area contributed by atoms with Gasteiger partial charge in [-0.1, -0.05) is 0 Å². The number of hydrogen-bond acceptors (Lipinski definition) is 3. The Labute approximate surface area is 69.5 Å². The molecular formula is C2H6AuO3S2. The van der Waals surface area contributed by atoms with Gasteiger partial charge in [-0.3, -0.25) is 4.55 Å². The molecule has 0 bridgehead atoms. The van der Waals surface area contributed by atoms with E-state index in [0.29, 0.717) is 0 Å². The zero-order valence-corrected chi connectivity index (χ0v) is 7.71. The molecule has 8 heavy (non-hydrogen) atoms. The summed E-state index contributed by atoms with van der Waals surface area (Å²) in [6.07, 6.45) is 0. The minimum absolute atomic E-state index is 0. The van der Waals surface area contributed by atoms with E-state index < -0.39 is 10.1 Å². The summed E-state index contributed by atoms with van der Waals surface area (Å²) >= 11 is 3.57. The topological polar surface area (TPSA) is 54.4 Å². The maximum atomic E-state index is 9.74. The van der Waals surface area contributed by atoms with E-state index >= 15 is 0 Å². The second-order valence-corrected chi connectivity index (χ2v) is 3.03. The van der Waals surface area contributed by atoms with Gasteiger partial charge in [-0.05, 0) is 0 Å². The Hall–Kier alpha value is 1.00. The van der Waals surface area contributed by atoms with Crippen LogP contribution < -0.4 is 0 Å². The first-order valence-corrected chi connectivity index (χ1v) is 3.86. The van der Waals surface area contributed by atoms with Crippen LogP contribution in [-0.4, -0.2) is 24.5 Å². The molecule has 0 aromatic rings. The van der Waals surface area contributed by atoms with Gasteiger partial charge in [-0.15, -0.1) is 0 Å². The molecule has 6 heteroatoms. The van der Waals surface area contributed by atoms with E-state index in [0.717, 1.165) is 0 Å². The molecule has 0 aliphatic rings. The normalized spacial score (nSPS) is 10.2. The van der Waals surface area contributed by atoms with Crippen molar-refractivity contribution >= 4 is 22.7 Å². The summed E-state index contributed by atoms with van der Waals surface area (Å²) < 4.78 is 27.4. The van der Waals surface area contributed by atoms with Crippen LogP contribution >= 0.6 is 12.6 Å². The molecule has 0 saturated carbocycles. The molecule has 0 aromatic carbocycles. The van der Waals surface area contributed by atoms with E-state index in [1.54, 1.807) is 0 Å². The Kier molecular flexibility index (Phi) is 7.11. The SMILES string of the molecule is O=S(=O)(O)CCS.[Au]. The van der Waals surface area contributed by atoms with E-state index in [2.05, 4.69) is 12.6 Å². The fourth-order valence-electron chi connectivity index (χ4n) is 0.115. The Morgan fingerprint density at radius 3 is 1.88 bits per heavy atom. The van der Waals surface area contributed by atoms with Crippen molar-refractivity contribution in [1.29, 1.82) is 0 Å². The van der Waals surface area contributed by atoms with Crippen LogP contribution in [0.5, 0.6) is 0 Å². The largest absolute Gasteiger partial charge is 0.286 e. The average Bonchev–Trinajstić information content (AvgIpc) is 1.30. The van der Waals surface area contributed by atoms with Gasteiger partial charge in [-0.25, -0.2) is 0 Å². The van der Waals surface area contributed by atoms with E-state index in [1.165, 1.54) is 0 Å². The molecule has 0 amide bonds. The van der Waals surface area contributed by atoms with Crippen molar-refractivity contribution in [3.05, 3.63) is 0 Å². The Morgan fingerprint density at radius 1 is 1.50 bits per heavy atom. The van der Waals surface area contributed by atoms with E-state index in [4.69, 9.17) is 4.55 Å². The molecule has 0 aliphatic carbocycles. The summed E-state index contributed by atoms with van der Waals surface area (Å²) in [5.41, 5.74) is 0. The minimum atomic E-state index is -3.75. The molecule has 0 unspecified atom stereocenters. The van der Waals surface area contributed by atoms with Gasteiger partial charge in [0, 0.05) is 28.1 Å². The predicted octanol–water partition coefficient (Wildman–Crippen LogP) is -0.198. The van der Waals surface area contributed by atoms with Crippen molar-refractivity contribution in [2.24, 2.45) is 0 Å². The zero-order chi connectivity index (χ0) is 5.91. The van der Waals surface area contributed by atoms with Crippen LogP contribution in [0.2, 0.25) is 0 Å². The van der Waals surface area contributed by atoms with Crippen LogP contribution in [0.3, 0.4) is 0 Å². The van der Waals surface area contributed by atoms with E-state index in [-0.39, 0.29) is 33.9 Å². The monoisotopic (exact) mass is 339 g/mol. The number of rotatable bonds is 2. The summed E-state index contributed by atoms with van der Waals surface area (Å²) in [4.78, 5) is 0. The summed E-state index contributed by atoms with van der Waals surface area (Å²) in [7, 11) is -3.75. The molecule has 0 rings (SSSR count). The maximum absolute atomic E-state index is 9.74. The summed E-state index contributed by atoms with van der Waals surface area (Å²) in [6, 6.07) is 0. The third-order valence-corrected chi connectivity index (χ3v) is 1.60. The zero-order valence-electron chi connectivity index (χ0n) is 3.83. The van der Waals surface area contributed by atoms with Gasteiger partial charge in [0.05, 0.1) is 5.75 Å². The standard InChI is InChI=1S/C2H6O3S2.Au/c3-7(4,5)2-1-6;/h6H,1-2H2,(H,3,4,5);. The van der Waals surface area contributed by atoms with Crippen molar-refractivity contribution in [3.63, 3.8) is 0 Å². The molecule has 3 nitrogen and oxygen atoms in total. The van der Waals surface area contributed by atoms with Gasteiger partial charge in [0.2, 0.25) is 0 Å². The van der Waals surface area contributed by atoms with Gasteiger partial charge in [0.1, 0.15) is 0 Å². The van der Waals surface area contributed by atoms with Crippen LogP contribution in [-0.2, 0) is 32.5 Å². The molecule has 55 valence electrons. The third kappa shape index (κ3) is 10.1. The van der Waals surface area contributed by atoms with Crippen LogP contribution in [0.25, 0.3) is 0 Å². The van der Waals surface area contributed by atoms with E-state index in [1.807, 2.05) is 0 Å². The average molecular weight is 339 g/mol. The summed E-state index contributed by atoms with van der Waals surface area (Å²) in [5, 5.41) is 0. The van der Waals surface area contributed by atoms with Gasteiger partial charge < -0.3 is 0 Å². The summed E-state index contributed by atoms with van der Waals surface area (Å²) in [6.45, 7) is 0. The summed E-state index contributed by atoms with van der Waals surface area (Å²) in [5.74, 6) is -0.102. The quantitative estimate of drug-likeness (QED) is 0.416. The van der Waals surface area contributed by atoms with Crippen molar-refractivity contribution in [2.75, 3.05) is 11.5 Å². The number of hydrogen-bond donors (Lipinski definition) is 2. The first-order valence-electron chi connectivity index (χ1n) is 1.62. The molecule has 0 aromatic heterocycles. The first-order chi connectivity index (χ1) is 3.06. The molecule has 0 atom stereocenters. The predicted molar refractivity (Wildman–Crippen MR) is 30.3 cm³/mol. The minimum Gasteiger partial charge on any atom is -0.286 e. The molecule has 1 radical (unpaired) electrons. The van der Waals surface area contributed by atoms with Crippen molar-refractivity contribution in [2.45, 2.75) is 0 Å². The Balaban J connectivity index is 0. The maximum Gasteiger partial charge on any atom is 0.265 e. The van der Waals surface area contributed by atoms with Gasteiger partial charge in [0.15, 0.2) is 0 Å². The molecule has 1 N–H and O–H groups in total. The molecule has 0 spiro atoms. The van der Waals surface area contributed by atoms with Crippen LogP contribution in [0.4, 0.5) is 0 Å². The van der Waals surface area contributed by atoms with Crippen molar-refractivity contribution < 1.29 is 35.4 Å². The van der Waals surface area contributed by atoms with Gasteiger partial charge >= 0.3 is 0 Å². The van der Waals surface area contributed by atoms with Crippen LogP contribution in [0.1, 0.15) is 0 Å². The second-order valence-electron chi connectivity index (χ2n) is 1.01. The fourth-order valence-corrected chi connectivity index (χ4v) is 1.04. The molecule has 0 fully saturated rings.